The van der Waals surface area contributed by atoms with E-state index in [-0.39, 0.29) is 18.5 Å². The Balaban J connectivity index is 2.22. The summed E-state index contributed by atoms with van der Waals surface area (Å²) in [6, 6.07) is -0.250. The maximum atomic E-state index is 11.7. The van der Waals surface area contributed by atoms with Crippen molar-refractivity contribution in [2.45, 2.75) is 31.7 Å². The van der Waals surface area contributed by atoms with Crippen LogP contribution in [0.15, 0.2) is 0 Å². The zero-order chi connectivity index (χ0) is 13.4. The average Bonchev–Trinajstić information content (AvgIpc) is 2.62. The molecule has 0 aromatic heterocycles. The smallest absolute Gasteiger partial charge is 0.322 e. The fraction of sp³-hybridized carbons (Fsp3) is 0.727. The average molecular weight is 257 g/mol. The summed E-state index contributed by atoms with van der Waals surface area (Å²) < 4.78 is 0. The number of rotatable bonds is 5. The van der Waals surface area contributed by atoms with Gasteiger partial charge in [-0.1, -0.05) is 12.8 Å². The Labute approximate surface area is 105 Å². The summed E-state index contributed by atoms with van der Waals surface area (Å²) in [4.78, 5) is 33.1. The zero-order valence-electron chi connectivity index (χ0n) is 10.2. The highest BCUT2D eigenvalue weighted by molar-refractivity contribution is 5.88. The minimum Gasteiger partial charge on any atom is -0.480 e. The second kappa shape index (κ2) is 7.65. The normalized spacial score (nSPS) is 19.7. The van der Waals surface area contributed by atoms with Gasteiger partial charge in [0.25, 0.3) is 0 Å². The first-order valence-corrected chi connectivity index (χ1v) is 6.09. The van der Waals surface area contributed by atoms with Gasteiger partial charge in [0.05, 0.1) is 12.6 Å². The summed E-state index contributed by atoms with van der Waals surface area (Å²) in [5, 5.41) is 16.2. The Morgan fingerprint density at radius 3 is 2.61 bits per heavy atom. The molecule has 102 valence electrons. The van der Waals surface area contributed by atoms with Gasteiger partial charge in [-0.3, -0.25) is 14.4 Å². The van der Waals surface area contributed by atoms with E-state index in [1.54, 1.807) is 0 Å². The van der Waals surface area contributed by atoms with E-state index in [4.69, 9.17) is 5.11 Å². The van der Waals surface area contributed by atoms with Gasteiger partial charge in [-0.15, -0.1) is 0 Å². The molecule has 1 unspecified atom stereocenters. The van der Waals surface area contributed by atoms with Crippen molar-refractivity contribution in [3.05, 3.63) is 0 Å². The zero-order valence-corrected chi connectivity index (χ0v) is 10.2. The lowest BCUT2D eigenvalue weighted by Crippen LogP contribution is -2.47. The number of carboxylic acids is 1. The summed E-state index contributed by atoms with van der Waals surface area (Å²) in [5.41, 5.74) is 0. The fourth-order valence-electron chi connectivity index (χ4n) is 1.78. The van der Waals surface area contributed by atoms with Crippen LogP contribution in [0.5, 0.6) is 0 Å². The van der Waals surface area contributed by atoms with E-state index in [0.717, 1.165) is 32.2 Å². The molecule has 1 heterocycles. The number of carboxylic acid groups (broad SMARTS) is 1. The number of carbonyl (C=O) groups is 3. The van der Waals surface area contributed by atoms with Gasteiger partial charge in [0, 0.05) is 0 Å². The molecule has 0 aromatic rings. The number of amides is 2. The highest BCUT2D eigenvalue weighted by Gasteiger charge is 2.19. The predicted octanol–water partition coefficient (Wildman–Crippen LogP) is -1.16. The summed E-state index contributed by atoms with van der Waals surface area (Å²) in [6.07, 6.45) is 3.93. The second-order valence-electron chi connectivity index (χ2n) is 4.24. The molecule has 0 saturated carbocycles. The first-order chi connectivity index (χ1) is 8.59. The highest BCUT2D eigenvalue weighted by Crippen LogP contribution is 2.08. The molecule has 1 saturated heterocycles. The molecule has 1 aliphatic heterocycles. The predicted molar refractivity (Wildman–Crippen MR) is 63.9 cm³/mol. The van der Waals surface area contributed by atoms with E-state index in [2.05, 4.69) is 16.0 Å². The molecular formula is C11H19N3O4. The van der Waals surface area contributed by atoms with Crippen LogP contribution < -0.4 is 16.0 Å². The number of carbonyl (C=O) groups excluding carboxylic acids is 2. The largest absolute Gasteiger partial charge is 0.480 e. The van der Waals surface area contributed by atoms with Gasteiger partial charge in [0.15, 0.2) is 0 Å². The number of hydrogen-bond acceptors (Lipinski definition) is 4. The van der Waals surface area contributed by atoms with Crippen molar-refractivity contribution in [2.75, 3.05) is 19.6 Å². The van der Waals surface area contributed by atoms with E-state index in [1.165, 1.54) is 0 Å². The van der Waals surface area contributed by atoms with Crippen molar-refractivity contribution in [1.82, 2.24) is 16.0 Å². The first-order valence-electron chi connectivity index (χ1n) is 6.09. The lowest BCUT2D eigenvalue weighted by atomic mass is 10.1. The third-order valence-corrected chi connectivity index (χ3v) is 2.74. The van der Waals surface area contributed by atoms with E-state index < -0.39 is 18.4 Å². The van der Waals surface area contributed by atoms with Gasteiger partial charge >= 0.3 is 5.97 Å². The van der Waals surface area contributed by atoms with Gasteiger partial charge in [0.1, 0.15) is 6.54 Å². The highest BCUT2D eigenvalue weighted by atomic mass is 16.4. The van der Waals surface area contributed by atoms with E-state index in [0.29, 0.717) is 0 Å². The fourth-order valence-corrected chi connectivity index (χ4v) is 1.78. The summed E-state index contributed by atoms with van der Waals surface area (Å²) in [5.74, 6) is -1.82. The lowest BCUT2D eigenvalue weighted by molar-refractivity contribution is -0.137. The Morgan fingerprint density at radius 1 is 1.11 bits per heavy atom. The Morgan fingerprint density at radius 2 is 1.89 bits per heavy atom. The summed E-state index contributed by atoms with van der Waals surface area (Å²) in [7, 11) is 0. The van der Waals surface area contributed by atoms with E-state index in [1.807, 2.05) is 0 Å². The molecule has 1 fully saturated rings. The monoisotopic (exact) mass is 257 g/mol. The molecule has 1 aliphatic rings. The molecule has 1 atom stereocenters. The molecule has 7 nitrogen and oxygen atoms in total. The van der Waals surface area contributed by atoms with Crippen LogP contribution in [0.4, 0.5) is 0 Å². The standard InChI is InChI=1S/C11H19N3O4/c15-9(13-7-10(16)17)6-14-11(18)8-4-2-1-3-5-12-8/h8,12H,1-7H2,(H,13,15)(H,14,18)(H,16,17). The minimum absolute atomic E-state index is 0.190. The molecule has 4 N–H and O–H groups in total. The quantitative estimate of drug-likeness (QED) is 0.497. The second-order valence-corrected chi connectivity index (χ2v) is 4.24. The lowest BCUT2D eigenvalue weighted by Gasteiger charge is -2.15. The minimum atomic E-state index is -1.11. The SMILES string of the molecule is O=C(O)CNC(=O)CNC(=O)C1CCCCCN1. The van der Waals surface area contributed by atoms with Crippen LogP contribution in [0, 0.1) is 0 Å². The third-order valence-electron chi connectivity index (χ3n) is 2.74. The van der Waals surface area contributed by atoms with Crippen LogP contribution in [0.2, 0.25) is 0 Å². The van der Waals surface area contributed by atoms with Gasteiger partial charge in [0.2, 0.25) is 11.8 Å². The van der Waals surface area contributed by atoms with Crippen molar-refractivity contribution in [3.8, 4) is 0 Å². The number of aliphatic carboxylic acids is 1. The molecule has 18 heavy (non-hydrogen) atoms. The summed E-state index contributed by atoms with van der Waals surface area (Å²) >= 11 is 0. The van der Waals surface area contributed by atoms with Crippen molar-refractivity contribution in [2.24, 2.45) is 0 Å². The molecule has 0 spiro atoms. The van der Waals surface area contributed by atoms with Crippen molar-refractivity contribution in [1.29, 1.82) is 0 Å². The van der Waals surface area contributed by atoms with E-state index >= 15 is 0 Å². The van der Waals surface area contributed by atoms with Gasteiger partial charge < -0.3 is 21.1 Å². The van der Waals surface area contributed by atoms with Crippen molar-refractivity contribution in [3.63, 3.8) is 0 Å². The van der Waals surface area contributed by atoms with Crippen LogP contribution in [-0.2, 0) is 14.4 Å². The Kier molecular flexibility index (Phi) is 6.13. The molecule has 0 bridgehead atoms. The Bertz CT molecular complexity index is 311. The van der Waals surface area contributed by atoms with Gasteiger partial charge in [-0.2, -0.15) is 0 Å². The third kappa shape index (κ3) is 5.62. The molecule has 7 heteroatoms. The number of nitrogens with one attached hydrogen (secondary N) is 3. The molecule has 2 amide bonds. The molecular weight excluding hydrogens is 238 g/mol. The molecule has 0 aliphatic carbocycles. The maximum Gasteiger partial charge on any atom is 0.322 e. The number of hydrogen-bond donors (Lipinski definition) is 4. The van der Waals surface area contributed by atoms with Crippen molar-refractivity contribution >= 4 is 17.8 Å². The van der Waals surface area contributed by atoms with Crippen LogP contribution in [-0.4, -0.2) is 48.6 Å². The van der Waals surface area contributed by atoms with Crippen LogP contribution in [0.1, 0.15) is 25.7 Å². The molecule has 0 radical (unpaired) electrons. The van der Waals surface area contributed by atoms with Crippen molar-refractivity contribution < 1.29 is 19.5 Å². The van der Waals surface area contributed by atoms with Gasteiger partial charge in [-0.05, 0) is 19.4 Å². The maximum absolute atomic E-state index is 11.7. The molecule has 0 aromatic carbocycles. The van der Waals surface area contributed by atoms with Crippen LogP contribution in [0.25, 0.3) is 0 Å². The topological polar surface area (TPSA) is 108 Å². The first kappa shape index (κ1) is 14.4. The summed E-state index contributed by atoms with van der Waals surface area (Å²) in [6.45, 7) is 0.184. The Hall–Kier alpha value is -1.63. The van der Waals surface area contributed by atoms with Gasteiger partial charge in [-0.25, -0.2) is 0 Å². The molecule has 1 rings (SSSR count). The van der Waals surface area contributed by atoms with E-state index in [9.17, 15) is 14.4 Å². The van der Waals surface area contributed by atoms with Crippen LogP contribution >= 0.6 is 0 Å². The van der Waals surface area contributed by atoms with Crippen LogP contribution in [0.3, 0.4) is 0 Å².